The van der Waals surface area contributed by atoms with Gasteiger partial charge in [0.25, 0.3) is 5.91 Å². The lowest BCUT2D eigenvalue weighted by Crippen LogP contribution is -2.21. The molecule has 7 nitrogen and oxygen atoms in total. The highest BCUT2D eigenvalue weighted by molar-refractivity contribution is 6.31. The molecule has 0 fully saturated rings. The van der Waals surface area contributed by atoms with Gasteiger partial charge in [-0.1, -0.05) is 41.9 Å². The number of carbonyl (C=O) groups is 2. The first kappa shape index (κ1) is 21.4. The molecule has 2 N–H and O–H groups in total. The van der Waals surface area contributed by atoms with Gasteiger partial charge in [-0.2, -0.15) is 0 Å². The van der Waals surface area contributed by atoms with E-state index in [1.165, 1.54) is 7.11 Å². The number of ether oxygens (including phenoxy) is 2. The van der Waals surface area contributed by atoms with Crippen molar-refractivity contribution in [3.8, 4) is 17.1 Å². The quantitative estimate of drug-likeness (QED) is 0.404. The Morgan fingerprint density at radius 1 is 1.09 bits per heavy atom. The highest BCUT2D eigenvalue weighted by atomic mass is 35.5. The number of aromatic amines is 1. The number of methoxy groups -OCH3 is 1. The normalized spacial score (nSPS) is 10.7. The number of benzene rings is 3. The molecule has 0 aliphatic carbocycles. The summed E-state index contributed by atoms with van der Waals surface area (Å²) in [6.07, 6.45) is 0. The zero-order chi connectivity index (χ0) is 22.7. The van der Waals surface area contributed by atoms with Gasteiger partial charge in [-0.25, -0.2) is 9.78 Å². The molecule has 0 spiro atoms. The van der Waals surface area contributed by atoms with Crippen LogP contribution in [-0.4, -0.2) is 35.6 Å². The van der Waals surface area contributed by atoms with Gasteiger partial charge < -0.3 is 19.8 Å². The number of H-pyrrole nitrogens is 1. The van der Waals surface area contributed by atoms with Crippen LogP contribution in [0.25, 0.3) is 22.4 Å². The summed E-state index contributed by atoms with van der Waals surface area (Å²) in [6, 6.07) is 18.0. The van der Waals surface area contributed by atoms with Crippen LogP contribution in [0.5, 0.6) is 5.75 Å². The number of halogens is 1. The van der Waals surface area contributed by atoms with Gasteiger partial charge in [-0.15, -0.1) is 0 Å². The number of hydrogen-bond donors (Lipinski definition) is 2. The van der Waals surface area contributed by atoms with E-state index in [0.29, 0.717) is 33.4 Å². The van der Waals surface area contributed by atoms with Crippen molar-refractivity contribution in [3.05, 3.63) is 76.8 Å². The summed E-state index contributed by atoms with van der Waals surface area (Å²) in [6.45, 7) is 1.37. The van der Waals surface area contributed by atoms with Gasteiger partial charge in [-0.05, 0) is 36.8 Å². The summed E-state index contributed by atoms with van der Waals surface area (Å²) < 4.78 is 10.4. The van der Waals surface area contributed by atoms with E-state index in [-0.39, 0.29) is 0 Å². The van der Waals surface area contributed by atoms with Crippen LogP contribution in [-0.2, 0) is 9.53 Å². The van der Waals surface area contributed by atoms with Gasteiger partial charge >= 0.3 is 5.97 Å². The van der Waals surface area contributed by atoms with Crippen molar-refractivity contribution in [3.63, 3.8) is 0 Å². The van der Waals surface area contributed by atoms with Crippen molar-refractivity contribution in [2.75, 3.05) is 19.0 Å². The molecule has 3 aromatic carbocycles. The number of imidazole rings is 1. The van der Waals surface area contributed by atoms with Crippen molar-refractivity contribution >= 4 is 40.2 Å². The lowest BCUT2D eigenvalue weighted by molar-refractivity contribution is -0.119. The highest BCUT2D eigenvalue weighted by Crippen LogP contribution is 2.31. The third-order valence-corrected chi connectivity index (χ3v) is 5.26. The van der Waals surface area contributed by atoms with E-state index in [9.17, 15) is 9.59 Å². The average molecular weight is 450 g/mol. The Hall–Kier alpha value is -3.84. The minimum atomic E-state index is -0.614. The first-order valence-electron chi connectivity index (χ1n) is 9.81. The zero-order valence-electron chi connectivity index (χ0n) is 17.4. The zero-order valence-corrected chi connectivity index (χ0v) is 18.2. The number of amides is 1. The van der Waals surface area contributed by atoms with Crippen molar-refractivity contribution in [2.45, 2.75) is 6.92 Å². The molecule has 0 saturated heterocycles. The Kier molecular flexibility index (Phi) is 6.09. The minimum absolute atomic E-state index is 0.313. The molecule has 0 radical (unpaired) electrons. The number of anilines is 1. The molecule has 162 valence electrons. The number of aryl methyl sites for hydroxylation is 1. The maximum Gasteiger partial charge on any atom is 0.338 e. The van der Waals surface area contributed by atoms with Gasteiger partial charge in [0.2, 0.25) is 0 Å². The Labute approximate surface area is 189 Å². The van der Waals surface area contributed by atoms with Crippen LogP contribution >= 0.6 is 11.6 Å². The first-order chi connectivity index (χ1) is 15.4. The number of carbonyl (C=O) groups excluding carboxylic acids is 2. The Balaban J connectivity index is 1.43. The van der Waals surface area contributed by atoms with Gasteiger partial charge in [0.05, 0.1) is 29.4 Å². The van der Waals surface area contributed by atoms with Crippen molar-refractivity contribution in [1.82, 2.24) is 9.97 Å². The summed E-state index contributed by atoms with van der Waals surface area (Å²) >= 11 is 6.08. The van der Waals surface area contributed by atoms with E-state index in [1.54, 1.807) is 30.3 Å². The van der Waals surface area contributed by atoms with Gasteiger partial charge in [0, 0.05) is 16.7 Å². The summed E-state index contributed by atoms with van der Waals surface area (Å²) in [5.41, 5.74) is 3.91. The average Bonchev–Trinajstić information content (AvgIpc) is 3.24. The number of rotatable bonds is 6. The smallest absolute Gasteiger partial charge is 0.338 e. The third-order valence-electron chi connectivity index (χ3n) is 4.85. The van der Waals surface area contributed by atoms with E-state index >= 15 is 0 Å². The van der Waals surface area contributed by atoms with E-state index in [1.807, 2.05) is 37.3 Å². The molecule has 4 rings (SSSR count). The fourth-order valence-corrected chi connectivity index (χ4v) is 3.35. The number of esters is 1. The number of fused-ring (bicyclic) bond motifs is 1. The first-order valence-corrected chi connectivity index (χ1v) is 10.2. The SMILES string of the molecule is COc1cc(Cl)c(C)cc1NC(=O)COC(=O)c1ccc2nc(-c3ccccc3)[nH]c2c1. The van der Waals surface area contributed by atoms with Crippen LogP contribution < -0.4 is 10.1 Å². The Bertz CT molecular complexity index is 1300. The standard InChI is InChI=1S/C24H20ClN3O4/c1-14-10-20(21(31-2)12-17(14)25)26-22(29)13-32-24(30)16-8-9-18-19(11-16)28-23(27-18)15-6-4-3-5-7-15/h3-12H,13H2,1-2H3,(H,26,29)(H,27,28). The Morgan fingerprint density at radius 2 is 1.88 bits per heavy atom. The number of aromatic nitrogens is 2. The largest absolute Gasteiger partial charge is 0.495 e. The third kappa shape index (κ3) is 4.58. The predicted octanol–water partition coefficient (Wildman–Crippen LogP) is 5.00. The summed E-state index contributed by atoms with van der Waals surface area (Å²) in [7, 11) is 1.48. The van der Waals surface area contributed by atoms with Crippen LogP contribution in [0.1, 0.15) is 15.9 Å². The number of nitrogens with zero attached hydrogens (tertiary/aromatic N) is 1. The molecule has 1 heterocycles. The maximum atomic E-state index is 12.5. The van der Waals surface area contributed by atoms with E-state index in [2.05, 4.69) is 15.3 Å². The van der Waals surface area contributed by atoms with Gasteiger partial charge in [0.1, 0.15) is 11.6 Å². The highest BCUT2D eigenvalue weighted by Gasteiger charge is 2.15. The van der Waals surface area contributed by atoms with E-state index < -0.39 is 18.5 Å². The van der Waals surface area contributed by atoms with Crippen LogP contribution in [0.3, 0.4) is 0 Å². The second-order valence-corrected chi connectivity index (χ2v) is 7.52. The van der Waals surface area contributed by atoms with Gasteiger partial charge in [-0.3, -0.25) is 4.79 Å². The summed E-state index contributed by atoms with van der Waals surface area (Å²) in [5, 5.41) is 3.20. The molecular weight excluding hydrogens is 430 g/mol. The summed E-state index contributed by atoms with van der Waals surface area (Å²) in [5.74, 6) is 0.0152. The van der Waals surface area contributed by atoms with Crippen LogP contribution in [0, 0.1) is 6.92 Å². The maximum absolute atomic E-state index is 12.5. The molecule has 0 saturated carbocycles. The molecule has 8 heteroatoms. The molecule has 32 heavy (non-hydrogen) atoms. The van der Waals surface area contributed by atoms with Crippen LogP contribution in [0.4, 0.5) is 5.69 Å². The fourth-order valence-electron chi connectivity index (χ4n) is 3.20. The second-order valence-electron chi connectivity index (χ2n) is 7.11. The van der Waals surface area contributed by atoms with E-state index in [0.717, 1.165) is 16.6 Å². The van der Waals surface area contributed by atoms with Crippen LogP contribution in [0.2, 0.25) is 5.02 Å². The predicted molar refractivity (Wildman–Crippen MR) is 123 cm³/mol. The lowest BCUT2D eigenvalue weighted by atomic mass is 10.2. The van der Waals surface area contributed by atoms with Crippen molar-refractivity contribution in [1.29, 1.82) is 0 Å². The molecular formula is C24H20ClN3O4. The molecule has 0 unspecified atom stereocenters. The summed E-state index contributed by atoms with van der Waals surface area (Å²) in [4.78, 5) is 32.5. The monoisotopic (exact) mass is 449 g/mol. The topological polar surface area (TPSA) is 93.3 Å². The van der Waals surface area contributed by atoms with E-state index in [4.69, 9.17) is 21.1 Å². The minimum Gasteiger partial charge on any atom is -0.495 e. The number of hydrogen-bond acceptors (Lipinski definition) is 5. The van der Waals surface area contributed by atoms with Crippen molar-refractivity contribution < 1.29 is 19.1 Å². The van der Waals surface area contributed by atoms with Crippen LogP contribution in [0.15, 0.2) is 60.7 Å². The Morgan fingerprint density at radius 3 is 2.62 bits per heavy atom. The van der Waals surface area contributed by atoms with Crippen molar-refractivity contribution in [2.24, 2.45) is 0 Å². The molecule has 0 atom stereocenters. The second kappa shape index (κ2) is 9.11. The molecule has 1 amide bonds. The molecule has 0 aliphatic rings. The molecule has 1 aromatic heterocycles. The molecule has 0 bridgehead atoms. The molecule has 4 aromatic rings. The van der Waals surface area contributed by atoms with Gasteiger partial charge in [0.15, 0.2) is 6.61 Å². The molecule has 0 aliphatic heterocycles. The number of nitrogens with one attached hydrogen (secondary N) is 2. The fraction of sp³-hybridized carbons (Fsp3) is 0.125. The lowest BCUT2D eigenvalue weighted by Gasteiger charge is -2.12.